The van der Waals surface area contributed by atoms with Crippen LogP contribution in [0.4, 0.5) is 0 Å². The standard InChI is InChI=1S/C16H15BrN6O2/c1-23-16(19-21-22-23)14(11-6-4-3-5-7-11)20-25-10-12-8-9-13(24-2)15(17)18-12/h3-9H,10H2,1-2H3. The van der Waals surface area contributed by atoms with Crippen LogP contribution in [0.25, 0.3) is 0 Å². The molecule has 8 nitrogen and oxygen atoms in total. The third-order valence-corrected chi connectivity index (χ3v) is 3.91. The molecule has 3 rings (SSSR count). The third kappa shape index (κ3) is 4.00. The molecule has 0 radical (unpaired) electrons. The van der Waals surface area contributed by atoms with Gasteiger partial charge in [0.05, 0.1) is 12.8 Å². The molecule has 0 aliphatic carbocycles. The van der Waals surface area contributed by atoms with Crippen molar-refractivity contribution in [2.24, 2.45) is 12.2 Å². The van der Waals surface area contributed by atoms with Gasteiger partial charge in [0.2, 0.25) is 5.82 Å². The largest absolute Gasteiger partial charge is 0.494 e. The number of tetrazole rings is 1. The number of oxime groups is 1. The van der Waals surface area contributed by atoms with Crippen LogP contribution in [-0.2, 0) is 18.5 Å². The van der Waals surface area contributed by atoms with Crippen molar-refractivity contribution in [2.45, 2.75) is 6.61 Å². The first-order chi connectivity index (χ1) is 12.2. The lowest BCUT2D eigenvalue weighted by atomic mass is 10.1. The minimum atomic E-state index is 0.199. The first-order valence-corrected chi connectivity index (χ1v) is 8.16. The van der Waals surface area contributed by atoms with Gasteiger partial charge >= 0.3 is 0 Å². The van der Waals surface area contributed by atoms with Crippen molar-refractivity contribution in [3.05, 3.63) is 64.1 Å². The Morgan fingerprint density at radius 2 is 2.00 bits per heavy atom. The van der Waals surface area contributed by atoms with Crippen LogP contribution < -0.4 is 4.74 Å². The summed E-state index contributed by atoms with van der Waals surface area (Å²) < 4.78 is 7.31. The molecular weight excluding hydrogens is 388 g/mol. The van der Waals surface area contributed by atoms with E-state index in [4.69, 9.17) is 9.57 Å². The highest BCUT2D eigenvalue weighted by Crippen LogP contribution is 2.22. The SMILES string of the molecule is COc1ccc(CON=C(c2ccccc2)c2nnnn2C)nc1Br. The fraction of sp³-hybridized carbons (Fsp3) is 0.188. The number of halogens is 1. The molecule has 0 N–H and O–H groups in total. The van der Waals surface area contributed by atoms with Crippen molar-refractivity contribution in [1.29, 1.82) is 0 Å². The summed E-state index contributed by atoms with van der Waals surface area (Å²) in [6.07, 6.45) is 0. The Hall–Kier alpha value is -2.81. The number of benzene rings is 1. The lowest BCUT2D eigenvalue weighted by Crippen LogP contribution is -2.12. The monoisotopic (exact) mass is 402 g/mol. The molecule has 2 aromatic heterocycles. The molecule has 0 atom stereocenters. The fourth-order valence-corrected chi connectivity index (χ4v) is 2.63. The van der Waals surface area contributed by atoms with Gasteiger partial charge < -0.3 is 9.57 Å². The van der Waals surface area contributed by atoms with Crippen LogP contribution in [-0.4, -0.2) is 38.0 Å². The van der Waals surface area contributed by atoms with Gasteiger partial charge in [0.25, 0.3) is 0 Å². The molecule has 9 heteroatoms. The summed E-state index contributed by atoms with van der Waals surface area (Å²) in [5.41, 5.74) is 2.10. The molecule has 25 heavy (non-hydrogen) atoms. The maximum absolute atomic E-state index is 5.50. The Balaban J connectivity index is 1.82. The number of nitrogens with zero attached hydrogens (tertiary/aromatic N) is 6. The molecule has 128 valence electrons. The predicted molar refractivity (Wildman–Crippen MR) is 94.2 cm³/mol. The van der Waals surface area contributed by atoms with Gasteiger partial charge in [0.1, 0.15) is 4.60 Å². The Kier molecular flexibility index (Phi) is 5.34. The van der Waals surface area contributed by atoms with Crippen molar-refractivity contribution in [2.75, 3.05) is 7.11 Å². The highest BCUT2D eigenvalue weighted by molar-refractivity contribution is 9.10. The zero-order chi connectivity index (χ0) is 17.6. The molecule has 0 amide bonds. The number of aryl methyl sites for hydroxylation is 1. The average Bonchev–Trinajstić information content (AvgIpc) is 3.05. The number of rotatable bonds is 6. The maximum Gasteiger partial charge on any atom is 0.204 e. The summed E-state index contributed by atoms with van der Waals surface area (Å²) in [5.74, 6) is 1.16. The van der Waals surface area contributed by atoms with Crippen LogP contribution >= 0.6 is 15.9 Å². The second kappa shape index (κ2) is 7.84. The van der Waals surface area contributed by atoms with Gasteiger partial charge in [-0.3, -0.25) is 0 Å². The Morgan fingerprint density at radius 3 is 2.64 bits per heavy atom. The molecule has 0 unspecified atom stereocenters. The van der Waals surface area contributed by atoms with Gasteiger partial charge in [-0.2, -0.15) is 0 Å². The van der Waals surface area contributed by atoms with Crippen molar-refractivity contribution in [3.63, 3.8) is 0 Å². The van der Waals surface area contributed by atoms with E-state index in [2.05, 4.69) is 41.6 Å². The summed E-state index contributed by atoms with van der Waals surface area (Å²) in [6, 6.07) is 13.2. The van der Waals surface area contributed by atoms with Gasteiger partial charge in [-0.15, -0.1) is 5.10 Å². The second-order valence-electron chi connectivity index (χ2n) is 5.00. The summed E-state index contributed by atoms with van der Waals surface area (Å²) in [7, 11) is 3.33. The maximum atomic E-state index is 5.50. The predicted octanol–water partition coefficient (Wildman–Crippen LogP) is 2.35. The van der Waals surface area contributed by atoms with Crippen molar-refractivity contribution in [3.8, 4) is 5.75 Å². The summed E-state index contributed by atoms with van der Waals surface area (Å²) in [6.45, 7) is 0.199. The van der Waals surface area contributed by atoms with E-state index in [9.17, 15) is 0 Å². The molecule has 0 saturated heterocycles. The number of pyridine rings is 1. The van der Waals surface area contributed by atoms with E-state index < -0.39 is 0 Å². The van der Waals surface area contributed by atoms with Crippen LogP contribution in [0.15, 0.2) is 52.2 Å². The molecule has 0 saturated carbocycles. The van der Waals surface area contributed by atoms with Crippen LogP contribution in [0.5, 0.6) is 5.75 Å². The Labute approximate surface area is 152 Å². The number of aromatic nitrogens is 5. The van der Waals surface area contributed by atoms with Gasteiger partial charge in [0, 0.05) is 12.6 Å². The van der Waals surface area contributed by atoms with Crippen LogP contribution in [0, 0.1) is 0 Å². The van der Waals surface area contributed by atoms with Crippen LogP contribution in [0.1, 0.15) is 17.1 Å². The van der Waals surface area contributed by atoms with E-state index in [1.54, 1.807) is 14.2 Å². The van der Waals surface area contributed by atoms with E-state index in [1.807, 2.05) is 42.5 Å². The summed E-state index contributed by atoms with van der Waals surface area (Å²) in [5, 5.41) is 15.7. The smallest absolute Gasteiger partial charge is 0.204 e. The minimum absolute atomic E-state index is 0.199. The van der Waals surface area contributed by atoms with E-state index in [0.717, 1.165) is 5.56 Å². The molecule has 3 aromatic rings. The van der Waals surface area contributed by atoms with Crippen molar-refractivity contribution >= 4 is 21.6 Å². The van der Waals surface area contributed by atoms with Crippen LogP contribution in [0.3, 0.4) is 0 Å². The van der Waals surface area contributed by atoms with E-state index in [-0.39, 0.29) is 6.61 Å². The van der Waals surface area contributed by atoms with E-state index in [0.29, 0.717) is 27.6 Å². The third-order valence-electron chi connectivity index (χ3n) is 3.34. The van der Waals surface area contributed by atoms with E-state index >= 15 is 0 Å². The average molecular weight is 403 g/mol. The van der Waals surface area contributed by atoms with Gasteiger partial charge in [-0.25, -0.2) is 9.67 Å². The minimum Gasteiger partial charge on any atom is -0.494 e. The van der Waals surface area contributed by atoms with Crippen molar-refractivity contribution < 1.29 is 9.57 Å². The number of hydrogen-bond donors (Lipinski definition) is 0. The summed E-state index contributed by atoms with van der Waals surface area (Å²) >= 11 is 3.35. The second-order valence-corrected chi connectivity index (χ2v) is 5.75. The fourth-order valence-electron chi connectivity index (χ4n) is 2.10. The molecular formula is C16H15BrN6O2. The lowest BCUT2D eigenvalue weighted by Gasteiger charge is -2.07. The molecule has 1 aromatic carbocycles. The van der Waals surface area contributed by atoms with Crippen molar-refractivity contribution in [1.82, 2.24) is 25.2 Å². The zero-order valence-electron chi connectivity index (χ0n) is 13.6. The molecule has 0 aliphatic heterocycles. The highest BCUT2D eigenvalue weighted by Gasteiger charge is 2.14. The molecule has 0 spiro atoms. The zero-order valence-corrected chi connectivity index (χ0v) is 15.2. The van der Waals surface area contributed by atoms with Gasteiger partial charge in [-0.1, -0.05) is 35.5 Å². The molecule has 0 aliphatic rings. The highest BCUT2D eigenvalue weighted by atomic mass is 79.9. The first-order valence-electron chi connectivity index (χ1n) is 7.36. The Bertz CT molecular complexity index is 881. The number of hydrogen-bond acceptors (Lipinski definition) is 7. The first kappa shape index (κ1) is 17.0. The molecule has 0 fully saturated rings. The number of ether oxygens (including phenoxy) is 1. The van der Waals surface area contributed by atoms with E-state index in [1.165, 1.54) is 4.68 Å². The van der Waals surface area contributed by atoms with Gasteiger partial charge in [-0.05, 0) is 38.5 Å². The van der Waals surface area contributed by atoms with Gasteiger partial charge in [0.15, 0.2) is 18.1 Å². The molecule has 0 bridgehead atoms. The lowest BCUT2D eigenvalue weighted by molar-refractivity contribution is 0.127. The summed E-state index contributed by atoms with van der Waals surface area (Å²) in [4.78, 5) is 9.84. The van der Waals surface area contributed by atoms with Crippen LogP contribution in [0.2, 0.25) is 0 Å². The Morgan fingerprint density at radius 1 is 1.20 bits per heavy atom. The normalized spacial score (nSPS) is 11.4. The molecule has 2 heterocycles. The number of methoxy groups -OCH3 is 1. The topological polar surface area (TPSA) is 87.3 Å². The quantitative estimate of drug-likeness (QED) is 0.357.